The Morgan fingerprint density at radius 2 is 2.04 bits per heavy atom. The highest BCUT2D eigenvalue weighted by Crippen LogP contribution is 2.37. The predicted octanol–water partition coefficient (Wildman–Crippen LogP) is 1.34. The smallest absolute Gasteiger partial charge is 0.163 e. The van der Waals surface area contributed by atoms with Gasteiger partial charge in [-0.05, 0) is 19.1 Å². The van der Waals surface area contributed by atoms with Crippen LogP contribution in [-0.4, -0.2) is 50.1 Å². The summed E-state index contributed by atoms with van der Waals surface area (Å²) in [6.45, 7) is 3.35. The molecule has 8 nitrogen and oxygen atoms in total. The van der Waals surface area contributed by atoms with E-state index in [1.165, 1.54) is 0 Å². The molecule has 0 saturated carbocycles. The van der Waals surface area contributed by atoms with E-state index in [1.807, 2.05) is 32.2 Å². The summed E-state index contributed by atoms with van der Waals surface area (Å²) in [6, 6.07) is 5.83. The number of methoxy groups -OCH3 is 1. The molecule has 3 aromatic rings. The van der Waals surface area contributed by atoms with Gasteiger partial charge in [-0.15, -0.1) is 5.10 Å². The van der Waals surface area contributed by atoms with Crippen LogP contribution in [0.2, 0.25) is 0 Å². The summed E-state index contributed by atoms with van der Waals surface area (Å²) in [4.78, 5) is 15.6. The second kappa shape index (κ2) is 5.89. The molecule has 0 aliphatic carbocycles. The molecule has 1 saturated heterocycles. The van der Waals surface area contributed by atoms with Gasteiger partial charge in [-0.3, -0.25) is 4.98 Å². The van der Waals surface area contributed by atoms with Gasteiger partial charge in [0.25, 0.3) is 0 Å². The fourth-order valence-electron chi connectivity index (χ4n) is 3.17. The minimum Gasteiger partial charge on any atom is -0.368 e. The van der Waals surface area contributed by atoms with Crippen molar-refractivity contribution in [2.45, 2.75) is 12.5 Å². The Balaban J connectivity index is 1.62. The molecule has 0 atom stereocenters. The van der Waals surface area contributed by atoms with Crippen LogP contribution in [0.3, 0.4) is 0 Å². The molecular formula is C17H19N7O. The van der Waals surface area contributed by atoms with E-state index in [9.17, 15) is 0 Å². The molecule has 1 fully saturated rings. The molecule has 0 bridgehead atoms. The zero-order valence-electron chi connectivity index (χ0n) is 14.4. The molecule has 1 aliphatic heterocycles. The highest BCUT2D eigenvalue weighted by molar-refractivity contribution is 5.58. The topological polar surface area (TPSA) is 81.9 Å². The SMILES string of the molecule is COC1(c2cnnn2C)CN(c2cc(C)nc(-c3cccnc3)n2)C1. The average Bonchev–Trinajstić information content (AvgIpc) is 3.01. The van der Waals surface area contributed by atoms with E-state index in [4.69, 9.17) is 9.72 Å². The van der Waals surface area contributed by atoms with E-state index in [-0.39, 0.29) is 0 Å². The lowest BCUT2D eigenvalue weighted by Gasteiger charge is -2.49. The maximum Gasteiger partial charge on any atom is 0.163 e. The normalized spacial score (nSPS) is 15.9. The van der Waals surface area contributed by atoms with E-state index in [0.717, 1.165) is 22.8 Å². The maximum absolute atomic E-state index is 5.80. The Morgan fingerprint density at radius 1 is 1.20 bits per heavy atom. The number of rotatable bonds is 4. The molecule has 4 heterocycles. The van der Waals surface area contributed by atoms with E-state index in [2.05, 4.69) is 25.2 Å². The van der Waals surface area contributed by atoms with Crippen LogP contribution >= 0.6 is 0 Å². The summed E-state index contributed by atoms with van der Waals surface area (Å²) in [7, 11) is 3.59. The van der Waals surface area contributed by atoms with Gasteiger partial charge >= 0.3 is 0 Å². The van der Waals surface area contributed by atoms with Crippen molar-refractivity contribution in [3.05, 3.63) is 48.2 Å². The Bertz CT molecular complexity index is 887. The third-order valence-corrected chi connectivity index (χ3v) is 4.55. The zero-order chi connectivity index (χ0) is 17.4. The van der Waals surface area contributed by atoms with Crippen LogP contribution in [0.1, 0.15) is 11.4 Å². The lowest BCUT2D eigenvalue weighted by atomic mass is 9.90. The summed E-state index contributed by atoms with van der Waals surface area (Å²) in [6.07, 6.45) is 5.27. The molecule has 0 spiro atoms. The quantitative estimate of drug-likeness (QED) is 0.710. The largest absolute Gasteiger partial charge is 0.368 e. The van der Waals surface area contributed by atoms with E-state index >= 15 is 0 Å². The van der Waals surface area contributed by atoms with Crippen LogP contribution in [-0.2, 0) is 17.4 Å². The van der Waals surface area contributed by atoms with Crippen molar-refractivity contribution in [2.24, 2.45) is 7.05 Å². The van der Waals surface area contributed by atoms with Crippen molar-refractivity contribution in [1.29, 1.82) is 0 Å². The van der Waals surface area contributed by atoms with Crippen LogP contribution in [0.5, 0.6) is 0 Å². The van der Waals surface area contributed by atoms with Gasteiger partial charge in [0.1, 0.15) is 11.4 Å². The lowest BCUT2D eigenvalue weighted by molar-refractivity contribution is -0.0447. The monoisotopic (exact) mass is 337 g/mol. The standard InChI is InChI=1S/C17H19N7O/c1-12-7-15(21-16(20-12)13-5-4-6-18-8-13)24-10-17(11-24,25-3)14-9-19-22-23(14)2/h4-9H,10-11H2,1-3H3. The molecule has 0 amide bonds. The lowest BCUT2D eigenvalue weighted by Crippen LogP contribution is -2.61. The van der Waals surface area contributed by atoms with Gasteiger partial charge in [0.2, 0.25) is 0 Å². The Kier molecular flexibility index (Phi) is 3.69. The third-order valence-electron chi connectivity index (χ3n) is 4.55. The Hall–Kier alpha value is -2.87. The Labute approximate surface area is 145 Å². The van der Waals surface area contributed by atoms with Crippen LogP contribution in [0.4, 0.5) is 5.82 Å². The average molecular weight is 337 g/mol. The second-order valence-corrected chi connectivity index (χ2v) is 6.23. The molecular weight excluding hydrogens is 318 g/mol. The number of ether oxygens (including phenoxy) is 1. The van der Waals surface area contributed by atoms with Crippen LogP contribution in [0.25, 0.3) is 11.4 Å². The van der Waals surface area contributed by atoms with Crippen LogP contribution in [0, 0.1) is 6.92 Å². The molecule has 8 heteroatoms. The van der Waals surface area contributed by atoms with Crippen LogP contribution < -0.4 is 4.90 Å². The first kappa shape index (κ1) is 15.6. The summed E-state index contributed by atoms with van der Waals surface area (Å²) >= 11 is 0. The number of anilines is 1. The van der Waals surface area contributed by atoms with Gasteiger partial charge in [-0.2, -0.15) is 0 Å². The van der Waals surface area contributed by atoms with Gasteiger partial charge in [0.05, 0.1) is 25.0 Å². The minimum atomic E-state index is -0.411. The van der Waals surface area contributed by atoms with Gasteiger partial charge in [-0.25, -0.2) is 14.6 Å². The first-order chi connectivity index (χ1) is 12.1. The first-order valence-corrected chi connectivity index (χ1v) is 8.03. The fraction of sp³-hybridized carbons (Fsp3) is 0.353. The highest BCUT2D eigenvalue weighted by Gasteiger charge is 2.48. The fourth-order valence-corrected chi connectivity index (χ4v) is 3.17. The molecule has 3 aromatic heterocycles. The van der Waals surface area contributed by atoms with Gasteiger partial charge in [0, 0.05) is 43.9 Å². The van der Waals surface area contributed by atoms with Crippen molar-refractivity contribution < 1.29 is 4.74 Å². The van der Waals surface area contributed by atoms with Crippen molar-refractivity contribution >= 4 is 5.82 Å². The zero-order valence-corrected chi connectivity index (χ0v) is 14.4. The van der Waals surface area contributed by atoms with Crippen molar-refractivity contribution in [2.75, 3.05) is 25.1 Å². The molecule has 128 valence electrons. The maximum atomic E-state index is 5.80. The number of pyridine rings is 1. The van der Waals surface area contributed by atoms with E-state index < -0.39 is 5.60 Å². The van der Waals surface area contributed by atoms with E-state index in [1.54, 1.807) is 30.4 Å². The predicted molar refractivity (Wildman–Crippen MR) is 91.9 cm³/mol. The molecule has 0 radical (unpaired) electrons. The van der Waals surface area contributed by atoms with E-state index in [0.29, 0.717) is 18.9 Å². The number of aromatic nitrogens is 6. The molecule has 0 aromatic carbocycles. The molecule has 4 rings (SSSR count). The third kappa shape index (κ3) is 2.64. The molecule has 0 N–H and O–H groups in total. The Morgan fingerprint density at radius 3 is 2.68 bits per heavy atom. The van der Waals surface area contributed by atoms with Gasteiger partial charge in [0.15, 0.2) is 5.82 Å². The summed E-state index contributed by atoms with van der Waals surface area (Å²) in [5.74, 6) is 1.56. The number of aryl methyl sites for hydroxylation is 2. The molecule has 0 unspecified atom stereocenters. The molecule has 1 aliphatic rings. The summed E-state index contributed by atoms with van der Waals surface area (Å²) < 4.78 is 7.56. The summed E-state index contributed by atoms with van der Waals surface area (Å²) in [5.41, 5.74) is 2.37. The number of hydrogen-bond acceptors (Lipinski definition) is 7. The first-order valence-electron chi connectivity index (χ1n) is 8.03. The van der Waals surface area contributed by atoms with Crippen LogP contribution in [0.15, 0.2) is 36.8 Å². The van der Waals surface area contributed by atoms with Gasteiger partial charge in [-0.1, -0.05) is 5.21 Å². The van der Waals surface area contributed by atoms with Crippen molar-refractivity contribution in [3.63, 3.8) is 0 Å². The minimum absolute atomic E-state index is 0.411. The summed E-state index contributed by atoms with van der Waals surface area (Å²) in [5, 5.41) is 7.98. The second-order valence-electron chi connectivity index (χ2n) is 6.23. The van der Waals surface area contributed by atoms with Crippen molar-refractivity contribution in [1.82, 2.24) is 29.9 Å². The van der Waals surface area contributed by atoms with Crippen molar-refractivity contribution in [3.8, 4) is 11.4 Å². The highest BCUT2D eigenvalue weighted by atomic mass is 16.5. The molecule has 25 heavy (non-hydrogen) atoms. The number of nitrogens with zero attached hydrogens (tertiary/aromatic N) is 7. The van der Waals surface area contributed by atoms with Gasteiger partial charge < -0.3 is 9.64 Å². The number of hydrogen-bond donors (Lipinski definition) is 0.